The Morgan fingerprint density at radius 2 is 0.402 bits per heavy atom. The van der Waals surface area contributed by atoms with Crippen molar-refractivity contribution in [3.05, 3.63) is 427 Å². The highest BCUT2D eigenvalue weighted by Crippen LogP contribution is 2.40. The summed E-state index contributed by atoms with van der Waals surface area (Å²) in [5, 5.41) is 13.7. The molecular formula is C100H71BrN6. The molecule has 16 aromatic carbocycles. The normalized spacial score (nSPS) is 11.5. The maximum absolute atomic E-state index is 3.48. The highest BCUT2D eigenvalue weighted by molar-refractivity contribution is 9.10. The van der Waals surface area contributed by atoms with Gasteiger partial charge in [-0.05, 0) is 192 Å². The number of hydrogen-bond donors (Lipinski definition) is 1. The van der Waals surface area contributed by atoms with Crippen molar-refractivity contribution in [1.82, 2.24) is 18.3 Å². The molecule has 6 nitrogen and oxygen atoms in total. The summed E-state index contributed by atoms with van der Waals surface area (Å²) < 4.78 is 10.5. The van der Waals surface area contributed by atoms with E-state index in [0.29, 0.717) is 0 Å². The van der Waals surface area contributed by atoms with Crippen molar-refractivity contribution in [1.29, 1.82) is 0 Å². The first kappa shape index (κ1) is 65.3. The summed E-state index contributed by atoms with van der Waals surface area (Å²) >= 11 is 3.48. The number of benzene rings is 16. The van der Waals surface area contributed by atoms with Crippen molar-refractivity contribution in [3.8, 4) is 22.7 Å². The molecular weight excluding hydrogens is 1370 g/mol. The van der Waals surface area contributed by atoms with E-state index in [-0.39, 0.29) is 0 Å². The van der Waals surface area contributed by atoms with Gasteiger partial charge in [-0.2, -0.15) is 0 Å². The second-order valence-corrected chi connectivity index (χ2v) is 27.6. The molecule has 0 radical (unpaired) electrons. The van der Waals surface area contributed by atoms with Gasteiger partial charge < -0.3 is 28.5 Å². The third-order valence-electron chi connectivity index (χ3n) is 20.1. The number of nitrogens with one attached hydrogen (secondary N) is 1. The lowest BCUT2D eigenvalue weighted by molar-refractivity contribution is 1.17. The third-order valence-corrected chi connectivity index (χ3v) is 20.7. The van der Waals surface area contributed by atoms with E-state index in [0.717, 1.165) is 55.4 Å². The molecule has 0 saturated carbocycles. The van der Waals surface area contributed by atoms with E-state index in [2.05, 4.69) is 451 Å². The van der Waals surface area contributed by atoms with Crippen LogP contribution in [0.25, 0.3) is 134 Å². The van der Waals surface area contributed by atoms with Crippen LogP contribution in [-0.2, 0) is 0 Å². The predicted molar refractivity (Wildman–Crippen MR) is 460 cm³/mol. The Labute approximate surface area is 629 Å². The van der Waals surface area contributed by atoms with Crippen LogP contribution in [0.2, 0.25) is 0 Å². The van der Waals surface area contributed by atoms with Crippen LogP contribution in [-0.4, -0.2) is 18.3 Å². The monoisotopic (exact) mass is 1430 g/mol. The van der Waals surface area contributed by atoms with Crippen LogP contribution in [0, 0.1) is 0 Å². The quantitative estimate of drug-likeness (QED) is 0.117. The second kappa shape index (κ2) is 29.2. The fraction of sp³-hybridized carbons (Fsp3) is 0. The van der Waals surface area contributed by atoms with E-state index in [1.54, 1.807) is 0 Å². The standard InChI is InChI=1S/C50H35N3.C26H18BrN.C24H18N2/c1-2-12-38(13-3-1)51(40-32-34-42(35-33-40)53-49-20-10-6-16-45(49)46-17-7-11-21-50(46)53)39-28-24-36(25-29-39)22-23-37-26-30-41(31-27-37)52-47-18-8-4-14-43(47)44-15-5-9-19-48(44)52;27-21-15-11-19(12-16-21)9-10-20-13-17-22(18-14-20)28-25-7-3-1-5-23(25)24-6-2-4-8-26(24)28;1-2-8-18(9-3-1)25-19-14-16-20(17-15-19)26-23-12-6-4-10-21(23)22-11-5-7-13-24(22)26/h1-35H;1-18H;1-17,25H/b23-22+;10-9+;. The van der Waals surface area contributed by atoms with Gasteiger partial charge in [-0.3, -0.25) is 0 Å². The molecule has 0 aliphatic carbocycles. The molecule has 7 heteroatoms. The summed E-state index contributed by atoms with van der Waals surface area (Å²) in [7, 11) is 0. The minimum atomic E-state index is 1.08. The molecule has 508 valence electrons. The van der Waals surface area contributed by atoms with Crippen molar-refractivity contribution >= 4 is 156 Å². The van der Waals surface area contributed by atoms with E-state index in [1.165, 1.54) is 110 Å². The van der Waals surface area contributed by atoms with Crippen molar-refractivity contribution in [2.24, 2.45) is 0 Å². The first-order valence-corrected chi connectivity index (χ1v) is 37.0. The zero-order valence-electron chi connectivity index (χ0n) is 58.5. The zero-order chi connectivity index (χ0) is 71.4. The van der Waals surface area contributed by atoms with Gasteiger partial charge in [-0.1, -0.05) is 271 Å². The van der Waals surface area contributed by atoms with Crippen molar-refractivity contribution in [2.45, 2.75) is 0 Å². The SMILES string of the molecule is Brc1ccc(/C=C/c2ccc(-n3c4ccccc4c4ccccc43)cc2)cc1.C(=C\c1ccc(-n2c3ccccc3c3ccccc32)cc1)/c1ccc(N(c2ccccc2)c2ccc(-n3c4ccccc4c4ccccc43)cc2)cc1.c1ccc(Nc2ccc(-n3c4ccccc4c4ccccc43)cc2)cc1. The molecule has 4 aromatic heterocycles. The Hall–Kier alpha value is -13.7. The topological polar surface area (TPSA) is 35.0 Å². The number of hydrogen-bond acceptors (Lipinski definition) is 2. The first-order valence-electron chi connectivity index (χ1n) is 36.2. The van der Waals surface area contributed by atoms with Crippen LogP contribution >= 0.6 is 15.9 Å². The molecule has 0 amide bonds. The lowest BCUT2D eigenvalue weighted by Gasteiger charge is -2.26. The molecule has 0 aliphatic rings. The van der Waals surface area contributed by atoms with Gasteiger partial charge in [0.1, 0.15) is 0 Å². The first-order chi connectivity index (χ1) is 53.0. The smallest absolute Gasteiger partial charge is 0.0541 e. The largest absolute Gasteiger partial charge is 0.356 e. The maximum Gasteiger partial charge on any atom is 0.0541 e. The maximum atomic E-state index is 3.48. The van der Waals surface area contributed by atoms with Crippen LogP contribution in [0.4, 0.5) is 28.4 Å². The number of nitrogens with zero attached hydrogens (tertiary/aromatic N) is 5. The fourth-order valence-corrected chi connectivity index (χ4v) is 15.4. The summed E-state index contributed by atoms with van der Waals surface area (Å²) in [6.45, 7) is 0. The molecule has 1 N–H and O–H groups in total. The Kier molecular flexibility index (Phi) is 17.8. The molecule has 20 aromatic rings. The summed E-state index contributed by atoms with van der Waals surface area (Å²) in [5.74, 6) is 0. The van der Waals surface area contributed by atoms with Crippen LogP contribution in [0.15, 0.2) is 405 Å². The Bertz CT molecular complexity index is 6390. The fourth-order valence-electron chi connectivity index (χ4n) is 15.1. The van der Waals surface area contributed by atoms with Gasteiger partial charge in [0, 0.05) is 98.7 Å². The average molecular weight is 1440 g/mol. The summed E-state index contributed by atoms with van der Waals surface area (Å²) in [4.78, 5) is 2.32. The molecule has 20 rings (SSSR count). The Balaban J connectivity index is 0.000000126. The lowest BCUT2D eigenvalue weighted by atomic mass is 10.1. The lowest BCUT2D eigenvalue weighted by Crippen LogP contribution is -2.10. The van der Waals surface area contributed by atoms with E-state index in [9.17, 15) is 0 Å². The summed E-state index contributed by atoms with van der Waals surface area (Å²) in [6.07, 6.45) is 8.67. The summed E-state index contributed by atoms with van der Waals surface area (Å²) in [6, 6.07) is 142. The molecule has 0 unspecified atom stereocenters. The molecule has 0 saturated heterocycles. The van der Waals surface area contributed by atoms with Gasteiger partial charge in [0.25, 0.3) is 0 Å². The van der Waals surface area contributed by atoms with Gasteiger partial charge in [0.2, 0.25) is 0 Å². The van der Waals surface area contributed by atoms with Gasteiger partial charge in [-0.25, -0.2) is 0 Å². The van der Waals surface area contributed by atoms with E-state index >= 15 is 0 Å². The van der Waals surface area contributed by atoms with Crippen molar-refractivity contribution in [2.75, 3.05) is 10.2 Å². The van der Waals surface area contributed by atoms with Gasteiger partial charge in [0.05, 0.1) is 44.1 Å². The number of aromatic nitrogens is 4. The van der Waals surface area contributed by atoms with Crippen LogP contribution < -0.4 is 10.2 Å². The molecule has 0 atom stereocenters. The number of anilines is 5. The zero-order valence-corrected chi connectivity index (χ0v) is 60.1. The number of rotatable bonds is 13. The average Bonchev–Trinajstić information content (AvgIpc) is 1.63. The highest BCUT2D eigenvalue weighted by Gasteiger charge is 2.18. The van der Waals surface area contributed by atoms with E-state index in [4.69, 9.17) is 0 Å². The molecule has 0 bridgehead atoms. The van der Waals surface area contributed by atoms with Gasteiger partial charge in [0.15, 0.2) is 0 Å². The van der Waals surface area contributed by atoms with Crippen molar-refractivity contribution < 1.29 is 0 Å². The second-order valence-electron chi connectivity index (χ2n) is 26.7. The minimum absolute atomic E-state index is 1.08. The molecule has 4 heterocycles. The molecule has 0 aliphatic heterocycles. The van der Waals surface area contributed by atoms with Crippen LogP contribution in [0.1, 0.15) is 22.3 Å². The van der Waals surface area contributed by atoms with E-state index in [1.807, 2.05) is 18.2 Å². The Morgan fingerprint density at radius 1 is 0.196 bits per heavy atom. The number of fused-ring (bicyclic) bond motifs is 12. The van der Waals surface area contributed by atoms with Gasteiger partial charge >= 0.3 is 0 Å². The molecule has 0 spiro atoms. The van der Waals surface area contributed by atoms with E-state index < -0.39 is 0 Å². The highest BCUT2D eigenvalue weighted by atomic mass is 79.9. The van der Waals surface area contributed by atoms with Crippen LogP contribution in [0.5, 0.6) is 0 Å². The number of para-hydroxylation sites is 10. The van der Waals surface area contributed by atoms with Crippen molar-refractivity contribution in [3.63, 3.8) is 0 Å². The van der Waals surface area contributed by atoms with Crippen LogP contribution in [0.3, 0.4) is 0 Å². The van der Waals surface area contributed by atoms with Gasteiger partial charge in [-0.15, -0.1) is 0 Å². The molecule has 107 heavy (non-hydrogen) atoms. The molecule has 0 fully saturated rings. The predicted octanol–water partition coefficient (Wildman–Crippen LogP) is 27.8. The third kappa shape index (κ3) is 13.0. The Morgan fingerprint density at radius 3 is 0.701 bits per heavy atom. The minimum Gasteiger partial charge on any atom is -0.356 e. The summed E-state index contributed by atoms with van der Waals surface area (Å²) in [5.41, 5.74) is 24.6. The number of halogens is 1.